The highest BCUT2D eigenvalue weighted by molar-refractivity contribution is 7.07. The zero-order valence-electron chi connectivity index (χ0n) is 7.27. The molecule has 0 aliphatic carbocycles. The van der Waals surface area contributed by atoms with Gasteiger partial charge in [-0.05, 0) is 0 Å². The van der Waals surface area contributed by atoms with E-state index in [9.17, 15) is 0 Å². The largest absolute Gasteiger partial charge is 0.365 e. The molecule has 0 fully saturated rings. The molecule has 0 bridgehead atoms. The number of hydrogen-bond acceptors (Lipinski definition) is 4. The molecule has 2 heterocycles. The van der Waals surface area contributed by atoms with E-state index < -0.39 is 0 Å². The quantitative estimate of drug-likeness (QED) is 0.805. The summed E-state index contributed by atoms with van der Waals surface area (Å²) in [6.07, 6.45) is 1.77. The van der Waals surface area contributed by atoms with Crippen LogP contribution < -0.4 is 5.32 Å². The maximum absolute atomic E-state index is 4.17. The Hall–Kier alpha value is -1.36. The molecule has 0 spiro atoms. The summed E-state index contributed by atoms with van der Waals surface area (Å²) < 4.78 is 1.80. The number of thiazole rings is 1. The molecule has 0 aliphatic heterocycles. The number of aryl methyl sites for hydroxylation is 1. The molecular weight excluding hydrogens is 184 g/mol. The van der Waals surface area contributed by atoms with Crippen LogP contribution in [0.2, 0.25) is 0 Å². The molecular formula is C8H10N4S. The molecule has 2 aromatic heterocycles. The van der Waals surface area contributed by atoms with Crippen LogP contribution in [0, 0.1) is 0 Å². The Kier molecular flexibility index (Phi) is 2.27. The van der Waals surface area contributed by atoms with Crippen molar-refractivity contribution >= 4 is 17.2 Å². The van der Waals surface area contributed by atoms with Crippen LogP contribution in [0.3, 0.4) is 0 Å². The fourth-order valence-electron chi connectivity index (χ4n) is 1.05. The summed E-state index contributed by atoms with van der Waals surface area (Å²) in [5.74, 6) is 1.01. The lowest BCUT2D eigenvalue weighted by Crippen LogP contribution is -2.04. The minimum Gasteiger partial charge on any atom is -0.365 e. The first-order chi connectivity index (χ1) is 6.36. The highest BCUT2D eigenvalue weighted by Crippen LogP contribution is 2.07. The van der Waals surface area contributed by atoms with Gasteiger partial charge >= 0.3 is 0 Å². The molecule has 2 aromatic rings. The van der Waals surface area contributed by atoms with Gasteiger partial charge in [0.15, 0.2) is 0 Å². The first kappa shape index (κ1) is 8.25. The van der Waals surface area contributed by atoms with Gasteiger partial charge < -0.3 is 5.32 Å². The van der Waals surface area contributed by atoms with Crippen LogP contribution in [0.5, 0.6) is 0 Å². The summed E-state index contributed by atoms with van der Waals surface area (Å²) in [7, 11) is 1.91. The Balaban J connectivity index is 1.97. The fourth-order valence-corrected chi connectivity index (χ4v) is 1.61. The van der Waals surface area contributed by atoms with E-state index in [0.29, 0.717) is 0 Å². The van der Waals surface area contributed by atoms with Gasteiger partial charge in [0.2, 0.25) is 0 Å². The zero-order valence-corrected chi connectivity index (χ0v) is 8.08. The fraction of sp³-hybridized carbons (Fsp3) is 0.250. The van der Waals surface area contributed by atoms with Crippen LogP contribution >= 0.6 is 11.3 Å². The normalized spacial score (nSPS) is 10.2. The van der Waals surface area contributed by atoms with Crippen molar-refractivity contribution in [3.8, 4) is 0 Å². The third-order valence-corrected chi connectivity index (χ3v) is 2.39. The molecule has 1 N–H and O–H groups in total. The van der Waals surface area contributed by atoms with E-state index in [1.807, 2.05) is 24.0 Å². The van der Waals surface area contributed by atoms with Crippen LogP contribution in [-0.2, 0) is 13.6 Å². The lowest BCUT2D eigenvalue weighted by Gasteiger charge is -2.03. The second-order valence-electron chi connectivity index (χ2n) is 2.67. The standard InChI is InChI=1S/C8H10N4S/c1-12-8(2-3-11-12)9-4-7-5-13-6-10-7/h2-3,5-6,9H,4H2,1H3. The van der Waals surface area contributed by atoms with Gasteiger partial charge in [-0.15, -0.1) is 11.3 Å². The van der Waals surface area contributed by atoms with Gasteiger partial charge in [-0.25, -0.2) is 4.98 Å². The molecule has 0 saturated carbocycles. The van der Waals surface area contributed by atoms with Crippen molar-refractivity contribution in [1.82, 2.24) is 14.8 Å². The second kappa shape index (κ2) is 3.57. The van der Waals surface area contributed by atoms with Gasteiger partial charge in [0, 0.05) is 18.5 Å². The predicted molar refractivity (Wildman–Crippen MR) is 52.6 cm³/mol. The van der Waals surface area contributed by atoms with E-state index >= 15 is 0 Å². The minimum absolute atomic E-state index is 0.753. The van der Waals surface area contributed by atoms with E-state index in [-0.39, 0.29) is 0 Å². The first-order valence-corrected chi connectivity index (χ1v) is 4.89. The van der Waals surface area contributed by atoms with Gasteiger partial charge in [0.05, 0.1) is 23.9 Å². The van der Waals surface area contributed by atoms with Crippen molar-refractivity contribution in [1.29, 1.82) is 0 Å². The Morgan fingerprint density at radius 3 is 3.15 bits per heavy atom. The summed E-state index contributed by atoms with van der Waals surface area (Å²) in [6, 6.07) is 1.94. The highest BCUT2D eigenvalue weighted by Gasteiger charge is 1.98. The van der Waals surface area contributed by atoms with E-state index in [1.165, 1.54) is 0 Å². The molecule has 0 aliphatic rings. The molecule has 0 unspecified atom stereocenters. The third kappa shape index (κ3) is 1.86. The molecule has 68 valence electrons. The zero-order chi connectivity index (χ0) is 9.10. The maximum Gasteiger partial charge on any atom is 0.124 e. The van der Waals surface area contributed by atoms with Crippen molar-refractivity contribution in [2.24, 2.45) is 7.05 Å². The Morgan fingerprint density at radius 2 is 2.54 bits per heavy atom. The Bertz CT molecular complexity index is 365. The predicted octanol–water partition coefficient (Wildman–Crippen LogP) is 1.49. The highest BCUT2D eigenvalue weighted by atomic mass is 32.1. The van der Waals surface area contributed by atoms with Crippen LogP contribution in [0.4, 0.5) is 5.82 Å². The van der Waals surface area contributed by atoms with Crippen LogP contribution in [0.1, 0.15) is 5.69 Å². The summed E-state index contributed by atoms with van der Waals surface area (Å²) in [6.45, 7) is 0.753. The van der Waals surface area contributed by atoms with Crippen LogP contribution in [-0.4, -0.2) is 14.8 Å². The SMILES string of the molecule is Cn1nccc1NCc1cscn1. The van der Waals surface area contributed by atoms with E-state index in [2.05, 4.69) is 15.4 Å². The van der Waals surface area contributed by atoms with Gasteiger partial charge in [-0.3, -0.25) is 4.68 Å². The number of nitrogens with zero attached hydrogens (tertiary/aromatic N) is 3. The van der Waals surface area contributed by atoms with Gasteiger partial charge in [0.25, 0.3) is 0 Å². The van der Waals surface area contributed by atoms with Crippen molar-refractivity contribution in [3.05, 3.63) is 28.8 Å². The van der Waals surface area contributed by atoms with Crippen molar-refractivity contribution in [3.63, 3.8) is 0 Å². The Labute approximate surface area is 80.2 Å². The molecule has 0 saturated heterocycles. The molecule has 0 radical (unpaired) electrons. The number of hydrogen-bond donors (Lipinski definition) is 1. The Morgan fingerprint density at radius 1 is 1.62 bits per heavy atom. The minimum atomic E-state index is 0.753. The smallest absolute Gasteiger partial charge is 0.124 e. The molecule has 0 atom stereocenters. The molecule has 0 amide bonds. The molecule has 2 rings (SSSR count). The average molecular weight is 194 g/mol. The lowest BCUT2D eigenvalue weighted by atomic mass is 10.5. The van der Waals surface area contributed by atoms with Crippen molar-refractivity contribution < 1.29 is 0 Å². The second-order valence-corrected chi connectivity index (χ2v) is 3.39. The monoisotopic (exact) mass is 194 g/mol. The van der Waals surface area contributed by atoms with E-state index in [1.54, 1.807) is 22.2 Å². The summed E-state index contributed by atoms with van der Waals surface area (Å²) in [4.78, 5) is 4.17. The summed E-state index contributed by atoms with van der Waals surface area (Å²) in [5.41, 5.74) is 2.89. The molecule has 4 nitrogen and oxygen atoms in total. The van der Waals surface area contributed by atoms with Crippen LogP contribution in [0.25, 0.3) is 0 Å². The van der Waals surface area contributed by atoms with Crippen molar-refractivity contribution in [2.75, 3.05) is 5.32 Å². The van der Waals surface area contributed by atoms with Crippen LogP contribution in [0.15, 0.2) is 23.2 Å². The summed E-state index contributed by atoms with van der Waals surface area (Å²) in [5, 5.41) is 9.32. The molecule has 5 heteroatoms. The number of aromatic nitrogens is 3. The topological polar surface area (TPSA) is 42.7 Å². The molecule has 13 heavy (non-hydrogen) atoms. The van der Waals surface area contributed by atoms with Crippen molar-refractivity contribution in [2.45, 2.75) is 6.54 Å². The number of rotatable bonds is 3. The van der Waals surface area contributed by atoms with Gasteiger partial charge in [0.1, 0.15) is 5.82 Å². The van der Waals surface area contributed by atoms with Gasteiger partial charge in [-0.1, -0.05) is 0 Å². The maximum atomic E-state index is 4.17. The van der Waals surface area contributed by atoms with Gasteiger partial charge in [-0.2, -0.15) is 5.10 Å². The average Bonchev–Trinajstić information content (AvgIpc) is 2.72. The first-order valence-electron chi connectivity index (χ1n) is 3.95. The van der Waals surface area contributed by atoms with E-state index in [4.69, 9.17) is 0 Å². The summed E-state index contributed by atoms with van der Waals surface area (Å²) >= 11 is 1.61. The lowest BCUT2D eigenvalue weighted by molar-refractivity contribution is 0.768. The number of nitrogens with one attached hydrogen (secondary N) is 1. The van der Waals surface area contributed by atoms with E-state index in [0.717, 1.165) is 18.1 Å². The number of anilines is 1. The third-order valence-electron chi connectivity index (χ3n) is 1.76. The molecule has 0 aromatic carbocycles.